The molecule has 0 radical (unpaired) electrons. The maximum atomic E-state index is 12.8. The van der Waals surface area contributed by atoms with Crippen molar-refractivity contribution in [2.75, 3.05) is 26.3 Å². The van der Waals surface area contributed by atoms with E-state index in [1.54, 1.807) is 44.7 Å². The molecule has 0 fully saturated rings. The highest BCUT2D eigenvalue weighted by Crippen LogP contribution is 2.38. The molecule has 6 heteroatoms. The molecular formula is C17H19FN2O3. The highest BCUT2D eigenvalue weighted by Gasteiger charge is 2.13. The molecule has 0 saturated heterocycles. The lowest BCUT2D eigenvalue weighted by Gasteiger charge is -2.14. The van der Waals surface area contributed by atoms with Gasteiger partial charge in [0, 0.05) is 5.56 Å². The normalized spacial score (nSPS) is 10.6. The van der Waals surface area contributed by atoms with Crippen LogP contribution in [0.1, 0.15) is 12.5 Å². The van der Waals surface area contributed by atoms with Gasteiger partial charge in [0.25, 0.3) is 0 Å². The Morgan fingerprint density at radius 3 is 2.22 bits per heavy atom. The molecule has 0 heterocycles. The number of rotatable bonds is 7. The third-order valence-corrected chi connectivity index (χ3v) is 3.02. The molecule has 0 bridgehead atoms. The first-order valence-electron chi connectivity index (χ1n) is 7.11. The zero-order valence-electron chi connectivity index (χ0n) is 13.3. The Kier molecular flexibility index (Phi) is 5.80. The summed E-state index contributed by atoms with van der Waals surface area (Å²) in [4.78, 5) is 0. The van der Waals surface area contributed by atoms with Crippen molar-refractivity contribution in [1.82, 2.24) is 0 Å². The molecule has 2 aromatic carbocycles. The molecule has 0 amide bonds. The van der Waals surface area contributed by atoms with E-state index in [4.69, 9.17) is 14.2 Å². The highest BCUT2D eigenvalue weighted by atomic mass is 19.1. The second-order valence-corrected chi connectivity index (χ2v) is 4.56. The molecule has 2 aromatic rings. The van der Waals surface area contributed by atoms with Crippen molar-refractivity contribution >= 4 is 11.9 Å². The van der Waals surface area contributed by atoms with Crippen LogP contribution in [0.2, 0.25) is 0 Å². The largest absolute Gasteiger partial charge is 0.493 e. The number of benzene rings is 2. The van der Waals surface area contributed by atoms with E-state index < -0.39 is 0 Å². The fraction of sp³-hybridized carbons (Fsp3) is 0.235. The number of halogens is 1. The Bertz CT molecular complexity index is 647. The van der Waals surface area contributed by atoms with Crippen LogP contribution < -0.4 is 19.6 Å². The second-order valence-electron chi connectivity index (χ2n) is 4.56. The van der Waals surface area contributed by atoms with E-state index in [0.717, 1.165) is 5.56 Å². The average molecular weight is 318 g/mol. The molecule has 0 aromatic heterocycles. The molecular weight excluding hydrogens is 299 g/mol. The van der Waals surface area contributed by atoms with Crippen LogP contribution in [0, 0.1) is 5.82 Å². The molecule has 5 nitrogen and oxygen atoms in total. The highest BCUT2D eigenvalue weighted by molar-refractivity contribution is 5.83. The number of nitrogens with one attached hydrogen (secondary N) is 1. The molecule has 0 atom stereocenters. The molecule has 0 aliphatic rings. The number of nitrogens with zero attached hydrogens (tertiary/aromatic N) is 1. The molecule has 1 N–H and O–H groups in total. The van der Waals surface area contributed by atoms with Crippen molar-refractivity contribution in [2.24, 2.45) is 5.10 Å². The van der Waals surface area contributed by atoms with E-state index in [1.807, 2.05) is 6.92 Å². The van der Waals surface area contributed by atoms with Crippen LogP contribution in [0.25, 0.3) is 0 Å². The van der Waals surface area contributed by atoms with Crippen LogP contribution in [-0.2, 0) is 0 Å². The lowest BCUT2D eigenvalue weighted by Crippen LogP contribution is -2.00. The van der Waals surface area contributed by atoms with E-state index in [2.05, 4.69) is 10.5 Å². The fourth-order valence-electron chi connectivity index (χ4n) is 1.97. The van der Waals surface area contributed by atoms with Crippen LogP contribution in [-0.4, -0.2) is 27.0 Å². The average Bonchev–Trinajstić information content (AvgIpc) is 2.57. The predicted octanol–water partition coefficient (Wildman–Crippen LogP) is 3.69. The number of anilines is 1. The summed E-state index contributed by atoms with van der Waals surface area (Å²) >= 11 is 0. The predicted molar refractivity (Wildman–Crippen MR) is 88.3 cm³/mol. The van der Waals surface area contributed by atoms with E-state index in [9.17, 15) is 4.39 Å². The molecule has 23 heavy (non-hydrogen) atoms. The van der Waals surface area contributed by atoms with Crippen molar-refractivity contribution in [2.45, 2.75) is 6.92 Å². The lowest BCUT2D eigenvalue weighted by molar-refractivity contribution is 0.288. The summed E-state index contributed by atoms with van der Waals surface area (Å²) in [5.41, 5.74) is 4.29. The molecule has 2 rings (SSSR count). The summed E-state index contributed by atoms with van der Waals surface area (Å²) in [5.74, 6) is 1.39. The van der Waals surface area contributed by atoms with Gasteiger partial charge in [0.15, 0.2) is 11.5 Å². The minimum atomic E-state index is -0.291. The molecule has 0 spiro atoms. The quantitative estimate of drug-likeness (QED) is 0.625. The Labute approximate surface area is 134 Å². The summed E-state index contributed by atoms with van der Waals surface area (Å²) < 4.78 is 29.0. The first-order chi connectivity index (χ1) is 11.2. The molecule has 0 saturated carbocycles. The lowest BCUT2D eigenvalue weighted by atomic mass is 10.2. The van der Waals surface area contributed by atoms with Gasteiger partial charge in [0.05, 0.1) is 32.7 Å². The van der Waals surface area contributed by atoms with E-state index in [0.29, 0.717) is 29.5 Å². The van der Waals surface area contributed by atoms with Crippen molar-refractivity contribution in [3.8, 4) is 17.2 Å². The standard InChI is InChI=1S/C17H19FN2O3/c1-4-23-17-15(21-2)9-12(10-16(17)22-3)11-19-20-14-7-5-13(18)6-8-14/h5-11,20H,4H2,1-3H3/b19-11+. The fourth-order valence-corrected chi connectivity index (χ4v) is 1.97. The number of hydrogen-bond donors (Lipinski definition) is 1. The Morgan fingerprint density at radius 2 is 1.70 bits per heavy atom. The van der Waals surface area contributed by atoms with Gasteiger partial charge < -0.3 is 14.2 Å². The number of methoxy groups -OCH3 is 2. The molecule has 122 valence electrons. The molecule has 0 aliphatic heterocycles. The Morgan fingerprint density at radius 1 is 1.09 bits per heavy atom. The van der Waals surface area contributed by atoms with Crippen LogP contribution in [0.5, 0.6) is 17.2 Å². The minimum Gasteiger partial charge on any atom is -0.493 e. The summed E-state index contributed by atoms with van der Waals surface area (Å²) in [6.07, 6.45) is 1.62. The van der Waals surface area contributed by atoms with Gasteiger partial charge in [-0.1, -0.05) is 0 Å². The van der Waals surface area contributed by atoms with Gasteiger partial charge in [-0.05, 0) is 43.3 Å². The maximum Gasteiger partial charge on any atom is 0.203 e. The van der Waals surface area contributed by atoms with Gasteiger partial charge in [-0.25, -0.2) is 4.39 Å². The third-order valence-electron chi connectivity index (χ3n) is 3.02. The zero-order valence-corrected chi connectivity index (χ0v) is 13.3. The SMILES string of the molecule is CCOc1c(OC)cc(/C=N/Nc2ccc(F)cc2)cc1OC. The Balaban J connectivity index is 2.18. The molecule has 0 unspecified atom stereocenters. The maximum absolute atomic E-state index is 12.8. The van der Waals surface area contributed by atoms with Gasteiger partial charge in [-0.2, -0.15) is 5.10 Å². The van der Waals surface area contributed by atoms with Crippen LogP contribution in [0.3, 0.4) is 0 Å². The van der Waals surface area contributed by atoms with Crippen molar-refractivity contribution < 1.29 is 18.6 Å². The van der Waals surface area contributed by atoms with Crippen molar-refractivity contribution in [3.05, 3.63) is 47.8 Å². The van der Waals surface area contributed by atoms with Gasteiger partial charge in [0.2, 0.25) is 5.75 Å². The third kappa shape index (κ3) is 4.35. The number of ether oxygens (including phenoxy) is 3. The molecule has 0 aliphatic carbocycles. The van der Waals surface area contributed by atoms with Gasteiger partial charge in [-0.3, -0.25) is 5.43 Å². The smallest absolute Gasteiger partial charge is 0.203 e. The van der Waals surface area contributed by atoms with Crippen molar-refractivity contribution in [1.29, 1.82) is 0 Å². The van der Waals surface area contributed by atoms with Crippen LogP contribution in [0.15, 0.2) is 41.5 Å². The van der Waals surface area contributed by atoms with Gasteiger partial charge >= 0.3 is 0 Å². The first-order valence-corrected chi connectivity index (χ1v) is 7.11. The van der Waals surface area contributed by atoms with E-state index in [-0.39, 0.29) is 5.82 Å². The summed E-state index contributed by atoms with van der Waals surface area (Å²) in [7, 11) is 3.13. The zero-order chi connectivity index (χ0) is 16.7. The first kappa shape index (κ1) is 16.6. The van der Waals surface area contributed by atoms with E-state index >= 15 is 0 Å². The minimum absolute atomic E-state index is 0.291. The number of hydrazone groups is 1. The Hall–Kier alpha value is -2.76. The topological polar surface area (TPSA) is 52.1 Å². The van der Waals surface area contributed by atoms with Crippen LogP contribution >= 0.6 is 0 Å². The summed E-state index contributed by atoms with van der Waals surface area (Å²) in [5, 5.41) is 4.12. The second kappa shape index (κ2) is 8.03. The number of hydrogen-bond acceptors (Lipinski definition) is 5. The van der Waals surface area contributed by atoms with Crippen molar-refractivity contribution in [3.63, 3.8) is 0 Å². The monoisotopic (exact) mass is 318 g/mol. The van der Waals surface area contributed by atoms with Crippen LogP contribution in [0.4, 0.5) is 10.1 Å². The van der Waals surface area contributed by atoms with E-state index in [1.165, 1.54) is 12.1 Å². The van der Waals surface area contributed by atoms with Gasteiger partial charge in [0.1, 0.15) is 5.82 Å². The summed E-state index contributed by atoms with van der Waals surface area (Å²) in [6, 6.07) is 9.52. The van der Waals surface area contributed by atoms with Gasteiger partial charge in [-0.15, -0.1) is 0 Å². The summed E-state index contributed by atoms with van der Waals surface area (Å²) in [6.45, 7) is 2.40.